The first kappa shape index (κ1) is 16.8. The molecule has 4 aromatic rings. The maximum Gasteiger partial charge on any atom is 0.226 e. The van der Waals surface area contributed by atoms with E-state index >= 15 is 0 Å². The number of halogens is 1. The van der Waals surface area contributed by atoms with E-state index < -0.39 is 0 Å². The predicted octanol–water partition coefficient (Wildman–Crippen LogP) is 6.47. The first-order valence-corrected chi connectivity index (χ1v) is 10.3. The summed E-state index contributed by atoms with van der Waals surface area (Å²) < 4.78 is 0. The Hall–Kier alpha value is -2.34. The SMILES string of the molecule is Clc1nc(-c2ccccc2)nc(-c2ccc3c(c2)Sc2ccccc2S3)n1. The van der Waals surface area contributed by atoms with Gasteiger partial charge in [-0.15, -0.1) is 0 Å². The summed E-state index contributed by atoms with van der Waals surface area (Å²) in [7, 11) is 0. The molecule has 0 fully saturated rings. The van der Waals surface area contributed by atoms with E-state index in [2.05, 4.69) is 51.4 Å². The minimum Gasteiger partial charge on any atom is -0.208 e. The summed E-state index contributed by atoms with van der Waals surface area (Å²) in [6.45, 7) is 0. The summed E-state index contributed by atoms with van der Waals surface area (Å²) >= 11 is 9.75. The van der Waals surface area contributed by atoms with Crippen molar-refractivity contribution < 1.29 is 0 Å². The monoisotopic (exact) mass is 405 g/mol. The Bertz CT molecular complexity index is 1150. The molecule has 0 spiro atoms. The third kappa shape index (κ3) is 3.34. The van der Waals surface area contributed by atoms with Crippen molar-refractivity contribution in [3.63, 3.8) is 0 Å². The van der Waals surface area contributed by atoms with E-state index in [4.69, 9.17) is 11.6 Å². The van der Waals surface area contributed by atoms with Gasteiger partial charge < -0.3 is 0 Å². The van der Waals surface area contributed by atoms with Crippen LogP contribution in [0.25, 0.3) is 22.8 Å². The Morgan fingerprint density at radius 2 is 1.15 bits per heavy atom. The van der Waals surface area contributed by atoms with Gasteiger partial charge in [-0.1, -0.05) is 66.0 Å². The molecule has 0 atom stereocenters. The first-order chi connectivity index (χ1) is 13.3. The van der Waals surface area contributed by atoms with E-state index in [9.17, 15) is 0 Å². The van der Waals surface area contributed by atoms with E-state index in [0.717, 1.165) is 11.1 Å². The van der Waals surface area contributed by atoms with Gasteiger partial charge in [-0.3, -0.25) is 0 Å². The van der Waals surface area contributed by atoms with Crippen molar-refractivity contribution >= 4 is 35.1 Å². The lowest BCUT2D eigenvalue weighted by atomic mass is 10.2. The highest BCUT2D eigenvalue weighted by Gasteiger charge is 2.18. The minimum absolute atomic E-state index is 0.198. The van der Waals surface area contributed by atoms with Crippen molar-refractivity contribution in [2.45, 2.75) is 19.6 Å². The fourth-order valence-corrected chi connectivity index (χ4v) is 5.28. The Morgan fingerprint density at radius 3 is 1.89 bits per heavy atom. The maximum absolute atomic E-state index is 6.19. The van der Waals surface area contributed by atoms with Crippen LogP contribution in [0.5, 0.6) is 0 Å². The van der Waals surface area contributed by atoms with E-state index in [1.54, 1.807) is 23.5 Å². The lowest BCUT2D eigenvalue weighted by molar-refractivity contribution is 1.06. The summed E-state index contributed by atoms with van der Waals surface area (Å²) in [6.07, 6.45) is 0. The molecule has 5 rings (SSSR count). The van der Waals surface area contributed by atoms with Crippen LogP contribution in [-0.4, -0.2) is 15.0 Å². The molecule has 0 N–H and O–H groups in total. The van der Waals surface area contributed by atoms with Crippen LogP contribution in [0.3, 0.4) is 0 Å². The van der Waals surface area contributed by atoms with Gasteiger partial charge in [0.1, 0.15) is 0 Å². The normalized spacial score (nSPS) is 12.3. The average molecular weight is 406 g/mol. The molecule has 6 heteroatoms. The van der Waals surface area contributed by atoms with Crippen LogP contribution < -0.4 is 0 Å². The third-order valence-electron chi connectivity index (χ3n) is 4.13. The third-order valence-corrected chi connectivity index (χ3v) is 6.84. The van der Waals surface area contributed by atoms with Gasteiger partial charge in [0, 0.05) is 30.7 Å². The molecule has 0 amide bonds. The van der Waals surface area contributed by atoms with Gasteiger partial charge in [0.05, 0.1) is 0 Å². The van der Waals surface area contributed by atoms with Crippen molar-refractivity contribution in [1.29, 1.82) is 0 Å². The number of hydrogen-bond donors (Lipinski definition) is 0. The largest absolute Gasteiger partial charge is 0.226 e. The smallest absolute Gasteiger partial charge is 0.208 e. The van der Waals surface area contributed by atoms with Crippen molar-refractivity contribution in [2.75, 3.05) is 0 Å². The van der Waals surface area contributed by atoms with Crippen LogP contribution in [0, 0.1) is 0 Å². The molecule has 0 radical (unpaired) electrons. The zero-order valence-electron chi connectivity index (χ0n) is 14.0. The molecule has 1 aromatic heterocycles. The van der Waals surface area contributed by atoms with Crippen LogP contribution in [-0.2, 0) is 0 Å². The number of benzene rings is 3. The molecular formula is C21H12ClN3S2. The highest BCUT2D eigenvalue weighted by molar-refractivity contribution is 8.05. The number of fused-ring (bicyclic) bond motifs is 2. The molecule has 0 unspecified atom stereocenters. The molecule has 0 bridgehead atoms. The molecule has 130 valence electrons. The van der Waals surface area contributed by atoms with Gasteiger partial charge in [0.25, 0.3) is 0 Å². The van der Waals surface area contributed by atoms with Crippen molar-refractivity contribution in [1.82, 2.24) is 15.0 Å². The summed E-state index contributed by atoms with van der Waals surface area (Å²) in [5.41, 5.74) is 1.85. The van der Waals surface area contributed by atoms with Crippen LogP contribution >= 0.6 is 35.1 Å². The zero-order chi connectivity index (χ0) is 18.2. The van der Waals surface area contributed by atoms with Gasteiger partial charge in [0.2, 0.25) is 5.28 Å². The summed E-state index contributed by atoms with van der Waals surface area (Å²) in [5.74, 6) is 1.16. The number of nitrogens with zero attached hydrogens (tertiary/aromatic N) is 3. The highest BCUT2D eigenvalue weighted by atomic mass is 35.5. The van der Waals surface area contributed by atoms with E-state index in [1.165, 1.54) is 19.6 Å². The van der Waals surface area contributed by atoms with Crippen LogP contribution in [0.4, 0.5) is 0 Å². The van der Waals surface area contributed by atoms with E-state index in [1.807, 2.05) is 36.4 Å². The maximum atomic E-state index is 6.19. The second-order valence-electron chi connectivity index (χ2n) is 5.93. The van der Waals surface area contributed by atoms with Crippen LogP contribution in [0.2, 0.25) is 5.28 Å². The van der Waals surface area contributed by atoms with Gasteiger partial charge in [-0.2, -0.15) is 9.97 Å². The molecule has 27 heavy (non-hydrogen) atoms. The predicted molar refractivity (Wildman–Crippen MR) is 110 cm³/mol. The molecule has 0 aliphatic carbocycles. The van der Waals surface area contributed by atoms with Crippen LogP contribution in [0.15, 0.2) is 92.4 Å². The van der Waals surface area contributed by atoms with Gasteiger partial charge in [-0.25, -0.2) is 4.98 Å². The Morgan fingerprint density at radius 1 is 0.556 bits per heavy atom. The molecule has 0 saturated heterocycles. The minimum atomic E-state index is 0.198. The van der Waals surface area contributed by atoms with Crippen molar-refractivity contribution in [3.8, 4) is 22.8 Å². The second-order valence-corrected chi connectivity index (χ2v) is 8.44. The standard InChI is InChI=1S/C21H12ClN3S2/c22-21-24-19(13-6-2-1-3-7-13)23-20(25-21)14-10-11-17-18(12-14)27-16-9-5-4-8-15(16)26-17/h1-12H. The zero-order valence-corrected chi connectivity index (χ0v) is 16.4. The second kappa shape index (κ2) is 7.00. The number of hydrogen-bond acceptors (Lipinski definition) is 5. The molecule has 3 aromatic carbocycles. The molecule has 2 heterocycles. The topological polar surface area (TPSA) is 38.7 Å². The number of rotatable bonds is 2. The van der Waals surface area contributed by atoms with Gasteiger partial charge in [0.15, 0.2) is 11.6 Å². The fourth-order valence-electron chi connectivity index (χ4n) is 2.86. The summed E-state index contributed by atoms with van der Waals surface area (Å²) in [6, 6.07) is 24.5. The molecule has 3 nitrogen and oxygen atoms in total. The molecule has 0 saturated carbocycles. The van der Waals surface area contributed by atoms with Gasteiger partial charge in [-0.05, 0) is 41.9 Å². The van der Waals surface area contributed by atoms with Crippen LogP contribution in [0.1, 0.15) is 0 Å². The quantitative estimate of drug-likeness (QED) is 0.336. The average Bonchev–Trinajstić information content (AvgIpc) is 2.72. The fraction of sp³-hybridized carbons (Fsp3) is 0. The summed E-state index contributed by atoms with van der Waals surface area (Å²) in [4.78, 5) is 18.3. The van der Waals surface area contributed by atoms with E-state index in [0.29, 0.717) is 11.6 Å². The summed E-state index contributed by atoms with van der Waals surface area (Å²) in [5, 5.41) is 0.198. The molecule has 1 aliphatic heterocycles. The first-order valence-electron chi connectivity index (χ1n) is 8.32. The Labute approximate surface area is 170 Å². The highest BCUT2D eigenvalue weighted by Crippen LogP contribution is 2.49. The molecular weight excluding hydrogens is 394 g/mol. The molecule has 1 aliphatic rings. The number of aromatic nitrogens is 3. The Balaban J connectivity index is 1.56. The Kier molecular flexibility index (Phi) is 4.36. The lowest BCUT2D eigenvalue weighted by Gasteiger charge is -2.18. The lowest BCUT2D eigenvalue weighted by Crippen LogP contribution is -1.98. The van der Waals surface area contributed by atoms with Gasteiger partial charge >= 0.3 is 0 Å². The van der Waals surface area contributed by atoms with Crippen molar-refractivity contribution in [2.24, 2.45) is 0 Å². The van der Waals surface area contributed by atoms with Crippen molar-refractivity contribution in [3.05, 3.63) is 78.1 Å². The van der Waals surface area contributed by atoms with E-state index in [-0.39, 0.29) is 5.28 Å².